The van der Waals surface area contributed by atoms with Crippen LogP contribution in [-0.4, -0.2) is 56.6 Å². The van der Waals surface area contributed by atoms with Gasteiger partial charge in [0.1, 0.15) is 23.5 Å². The zero-order valence-corrected chi connectivity index (χ0v) is 20.7. The van der Waals surface area contributed by atoms with Gasteiger partial charge in [-0.15, -0.1) is 11.8 Å². The molecular formula is C24H33N3O5S. The maximum Gasteiger partial charge on any atom is 0.326 e. The Morgan fingerprint density at radius 3 is 2.33 bits per heavy atom. The summed E-state index contributed by atoms with van der Waals surface area (Å²) in [6.07, 6.45) is 0.286. The molecule has 0 bridgehead atoms. The molecule has 3 amide bonds. The molecule has 2 heterocycles. The number of thioether (sulfide) groups is 1. The Labute approximate surface area is 198 Å². The molecule has 0 spiro atoms. The monoisotopic (exact) mass is 475 g/mol. The molecule has 0 aliphatic carbocycles. The molecule has 0 aromatic heterocycles. The summed E-state index contributed by atoms with van der Waals surface area (Å²) in [5.74, 6) is -2.45. The summed E-state index contributed by atoms with van der Waals surface area (Å²) in [7, 11) is 0. The Hall–Kier alpha value is -2.55. The Balaban J connectivity index is 1.81. The Morgan fingerprint density at radius 1 is 1.12 bits per heavy atom. The number of nitrogens with one attached hydrogen (secondary N) is 2. The quantitative estimate of drug-likeness (QED) is 0.533. The minimum absolute atomic E-state index is 0.0783. The molecule has 180 valence electrons. The van der Waals surface area contributed by atoms with Crippen LogP contribution >= 0.6 is 11.8 Å². The fourth-order valence-electron chi connectivity index (χ4n) is 4.53. The van der Waals surface area contributed by atoms with Crippen molar-refractivity contribution in [1.82, 2.24) is 15.5 Å². The van der Waals surface area contributed by atoms with Gasteiger partial charge in [-0.2, -0.15) is 0 Å². The predicted octanol–water partition coefficient (Wildman–Crippen LogP) is 2.79. The molecular weight excluding hydrogens is 442 g/mol. The van der Waals surface area contributed by atoms with Gasteiger partial charge in [0.15, 0.2) is 0 Å². The first-order valence-corrected chi connectivity index (χ1v) is 12.2. The first-order chi connectivity index (χ1) is 15.3. The van der Waals surface area contributed by atoms with Gasteiger partial charge in [0, 0.05) is 10.3 Å². The zero-order chi connectivity index (χ0) is 24.7. The lowest BCUT2D eigenvalue weighted by molar-refractivity contribution is -0.143. The van der Waals surface area contributed by atoms with Crippen LogP contribution in [0.15, 0.2) is 24.3 Å². The SMILES string of the molecule is CC(C)C[C@H](NC(=O)[C@@H](NC(=O)[C@@H]1N2C(=O)c3ccccc3[C@@H]2SC1(C)C)C(C)C)C(=O)O. The van der Waals surface area contributed by atoms with E-state index in [-0.39, 0.29) is 29.5 Å². The third kappa shape index (κ3) is 4.88. The lowest BCUT2D eigenvalue weighted by atomic mass is 9.97. The number of carboxylic acids is 1. The topological polar surface area (TPSA) is 116 Å². The van der Waals surface area contributed by atoms with Crippen molar-refractivity contribution in [2.45, 2.75) is 76.2 Å². The largest absolute Gasteiger partial charge is 0.480 e. The zero-order valence-electron chi connectivity index (χ0n) is 19.9. The molecule has 1 fully saturated rings. The molecule has 2 aliphatic rings. The van der Waals surface area contributed by atoms with Crippen LogP contribution in [0.5, 0.6) is 0 Å². The number of hydrogen-bond acceptors (Lipinski definition) is 5. The highest BCUT2D eigenvalue weighted by atomic mass is 32.2. The van der Waals surface area contributed by atoms with E-state index in [4.69, 9.17) is 0 Å². The van der Waals surface area contributed by atoms with Crippen LogP contribution in [0.25, 0.3) is 0 Å². The molecule has 1 saturated heterocycles. The molecule has 33 heavy (non-hydrogen) atoms. The molecule has 4 atom stereocenters. The summed E-state index contributed by atoms with van der Waals surface area (Å²) < 4.78 is -0.572. The van der Waals surface area contributed by atoms with Crippen LogP contribution < -0.4 is 10.6 Å². The smallest absolute Gasteiger partial charge is 0.326 e. The number of hydrogen-bond donors (Lipinski definition) is 3. The second-order valence-corrected chi connectivity index (χ2v) is 11.8. The van der Waals surface area contributed by atoms with Gasteiger partial charge < -0.3 is 20.6 Å². The number of carboxylic acid groups (broad SMARTS) is 1. The van der Waals surface area contributed by atoms with Crippen LogP contribution in [0.3, 0.4) is 0 Å². The molecule has 1 aromatic carbocycles. The summed E-state index contributed by atoms with van der Waals surface area (Å²) >= 11 is 1.55. The number of nitrogens with zero attached hydrogens (tertiary/aromatic N) is 1. The van der Waals surface area contributed by atoms with Gasteiger partial charge in [-0.25, -0.2) is 4.79 Å². The Morgan fingerprint density at radius 2 is 1.76 bits per heavy atom. The van der Waals surface area contributed by atoms with Crippen molar-refractivity contribution in [2.75, 3.05) is 0 Å². The highest BCUT2D eigenvalue weighted by Crippen LogP contribution is 2.56. The average molecular weight is 476 g/mol. The van der Waals surface area contributed by atoms with Gasteiger partial charge in [0.25, 0.3) is 5.91 Å². The van der Waals surface area contributed by atoms with Crippen LogP contribution in [0.4, 0.5) is 0 Å². The van der Waals surface area contributed by atoms with Crippen LogP contribution in [0, 0.1) is 11.8 Å². The number of amides is 3. The maximum atomic E-state index is 13.5. The third-order valence-electron chi connectivity index (χ3n) is 6.11. The molecule has 0 saturated carbocycles. The van der Waals surface area contributed by atoms with Gasteiger partial charge in [0.2, 0.25) is 11.8 Å². The lowest BCUT2D eigenvalue weighted by Gasteiger charge is -2.32. The second kappa shape index (κ2) is 9.37. The summed E-state index contributed by atoms with van der Waals surface area (Å²) in [6, 6.07) is 4.63. The van der Waals surface area contributed by atoms with E-state index in [1.165, 1.54) is 0 Å². The summed E-state index contributed by atoms with van der Waals surface area (Å²) in [4.78, 5) is 52.8. The fraction of sp³-hybridized carbons (Fsp3) is 0.583. The van der Waals surface area contributed by atoms with E-state index in [2.05, 4.69) is 10.6 Å². The van der Waals surface area contributed by atoms with E-state index in [1.54, 1.807) is 42.6 Å². The normalized spacial score (nSPS) is 22.7. The van der Waals surface area contributed by atoms with Crippen LogP contribution in [-0.2, 0) is 14.4 Å². The molecule has 9 heteroatoms. The van der Waals surface area contributed by atoms with Gasteiger partial charge in [0.05, 0.1) is 0 Å². The molecule has 0 radical (unpaired) electrons. The summed E-state index contributed by atoms with van der Waals surface area (Å²) in [5.41, 5.74) is 1.49. The number of fused-ring (bicyclic) bond motifs is 3. The Bertz CT molecular complexity index is 961. The molecule has 8 nitrogen and oxygen atoms in total. The van der Waals surface area contributed by atoms with E-state index in [0.717, 1.165) is 5.56 Å². The summed E-state index contributed by atoms with van der Waals surface area (Å²) in [5, 5.41) is 14.6. The number of aliphatic carboxylic acids is 1. The minimum atomic E-state index is -1.11. The number of carbonyl (C=O) groups excluding carboxylic acids is 3. The van der Waals surface area contributed by atoms with Crippen molar-refractivity contribution in [1.29, 1.82) is 0 Å². The molecule has 1 aromatic rings. The van der Waals surface area contributed by atoms with E-state index >= 15 is 0 Å². The highest BCUT2D eigenvalue weighted by molar-refractivity contribution is 8.01. The molecule has 0 unspecified atom stereocenters. The first-order valence-electron chi connectivity index (χ1n) is 11.3. The lowest BCUT2D eigenvalue weighted by Crippen LogP contribution is -2.59. The van der Waals surface area contributed by atoms with Crippen molar-refractivity contribution < 1.29 is 24.3 Å². The maximum absolute atomic E-state index is 13.5. The van der Waals surface area contributed by atoms with Gasteiger partial charge in [-0.1, -0.05) is 45.9 Å². The van der Waals surface area contributed by atoms with Gasteiger partial charge in [-0.3, -0.25) is 14.4 Å². The molecule has 3 rings (SSSR count). The minimum Gasteiger partial charge on any atom is -0.480 e. The third-order valence-corrected chi connectivity index (χ3v) is 7.65. The fourth-order valence-corrected chi connectivity index (χ4v) is 6.11. The van der Waals surface area contributed by atoms with Crippen molar-refractivity contribution in [3.05, 3.63) is 35.4 Å². The van der Waals surface area contributed by atoms with E-state index in [1.807, 2.05) is 39.8 Å². The van der Waals surface area contributed by atoms with Crippen molar-refractivity contribution >= 4 is 35.5 Å². The first kappa shape index (κ1) is 25.1. The van der Waals surface area contributed by atoms with Crippen LogP contribution in [0.1, 0.15) is 69.3 Å². The second-order valence-electron chi connectivity index (χ2n) is 10.0. The molecule has 3 N–H and O–H groups in total. The standard InChI is InChI=1S/C24H33N3O5S/c1-12(2)11-16(23(31)32)25-19(28)17(13(3)4)26-20(29)18-24(5,6)33-22-15-10-8-7-9-14(15)21(30)27(18)22/h7-10,12-13,16-18,22H,11H2,1-6H3,(H,25,28)(H,26,29)(H,31,32)/t16-,17-,18-,22-/m0/s1. The van der Waals surface area contributed by atoms with Crippen molar-refractivity contribution in [3.63, 3.8) is 0 Å². The predicted molar refractivity (Wildman–Crippen MR) is 127 cm³/mol. The highest BCUT2D eigenvalue weighted by Gasteiger charge is 2.57. The van der Waals surface area contributed by atoms with Crippen molar-refractivity contribution in [3.8, 4) is 0 Å². The van der Waals surface area contributed by atoms with Gasteiger partial charge in [-0.05, 0) is 43.7 Å². The van der Waals surface area contributed by atoms with E-state index in [9.17, 15) is 24.3 Å². The van der Waals surface area contributed by atoms with Crippen LogP contribution in [0.2, 0.25) is 0 Å². The summed E-state index contributed by atoms with van der Waals surface area (Å²) in [6.45, 7) is 11.2. The number of rotatable bonds is 8. The van der Waals surface area contributed by atoms with Crippen molar-refractivity contribution in [2.24, 2.45) is 11.8 Å². The van der Waals surface area contributed by atoms with E-state index < -0.39 is 40.7 Å². The van der Waals surface area contributed by atoms with E-state index in [0.29, 0.717) is 5.56 Å². The average Bonchev–Trinajstić information content (AvgIpc) is 3.14. The molecule has 2 aliphatic heterocycles. The van der Waals surface area contributed by atoms with Gasteiger partial charge >= 0.3 is 5.97 Å². The Kier molecular flexibility index (Phi) is 7.12. The number of carbonyl (C=O) groups is 4. The number of benzene rings is 1.